The molecule has 1 heterocycles. The summed E-state index contributed by atoms with van der Waals surface area (Å²) in [4.78, 5) is 18.3. The number of nitrogens with zero attached hydrogens (tertiary/aromatic N) is 1. The van der Waals surface area contributed by atoms with Crippen molar-refractivity contribution < 1.29 is 19.0 Å². The van der Waals surface area contributed by atoms with E-state index in [1.54, 1.807) is 21.3 Å². The lowest BCUT2D eigenvalue weighted by atomic mass is 10.0. The van der Waals surface area contributed by atoms with Gasteiger partial charge >= 0.3 is 0 Å². The van der Waals surface area contributed by atoms with Crippen LogP contribution in [0, 0.1) is 0 Å². The van der Waals surface area contributed by atoms with Gasteiger partial charge in [0.25, 0.3) is 5.91 Å². The van der Waals surface area contributed by atoms with Crippen LogP contribution in [0.15, 0.2) is 97.1 Å². The molecule has 1 unspecified atom stereocenters. The lowest BCUT2D eigenvalue weighted by molar-refractivity contribution is 0.102. The molecule has 0 aliphatic rings. The number of nitrogens with one attached hydrogen (secondary N) is 2. The molecule has 43 heavy (non-hydrogen) atoms. The Morgan fingerprint density at radius 3 is 2.37 bits per heavy atom. The highest BCUT2D eigenvalue weighted by atomic mass is 16.5. The van der Waals surface area contributed by atoms with Gasteiger partial charge in [-0.2, -0.15) is 0 Å². The third kappa shape index (κ3) is 7.13. The predicted molar refractivity (Wildman–Crippen MR) is 172 cm³/mol. The van der Waals surface area contributed by atoms with Gasteiger partial charge in [-0.05, 0) is 86.0 Å². The molecule has 7 heteroatoms. The van der Waals surface area contributed by atoms with Crippen molar-refractivity contribution in [3.8, 4) is 28.5 Å². The van der Waals surface area contributed by atoms with Crippen molar-refractivity contribution in [3.63, 3.8) is 0 Å². The molecule has 0 saturated carbocycles. The molecule has 0 saturated heterocycles. The first-order valence-electron chi connectivity index (χ1n) is 14.4. The maximum absolute atomic E-state index is 13.5. The SMILES string of the molecule is COc1cccc(-c2cc(C(=O)Nc3ccc(CCCNC(C)c4ccc(OC)c(OC)c4)cc3)c3ccccc3n2)c1. The number of pyridine rings is 1. The number of para-hydroxylation sites is 1. The summed E-state index contributed by atoms with van der Waals surface area (Å²) in [5.74, 6) is 2.02. The number of anilines is 1. The Hall–Kier alpha value is -4.88. The molecule has 0 bridgehead atoms. The number of carbonyl (C=O) groups is 1. The molecule has 5 aromatic rings. The minimum absolute atomic E-state index is 0.177. The summed E-state index contributed by atoms with van der Waals surface area (Å²) in [6.07, 6.45) is 1.91. The van der Waals surface area contributed by atoms with Crippen LogP contribution in [0.5, 0.6) is 17.2 Å². The summed E-state index contributed by atoms with van der Waals surface area (Å²) >= 11 is 0. The first-order valence-corrected chi connectivity index (χ1v) is 14.4. The van der Waals surface area contributed by atoms with E-state index in [0.29, 0.717) is 11.3 Å². The molecule has 0 aliphatic carbocycles. The Balaban J connectivity index is 1.20. The summed E-state index contributed by atoms with van der Waals surface area (Å²) in [6.45, 7) is 3.02. The number of carbonyl (C=O) groups excluding carboxylic acids is 1. The molecule has 7 nitrogen and oxygen atoms in total. The molecule has 2 N–H and O–H groups in total. The molecule has 0 aliphatic heterocycles. The monoisotopic (exact) mass is 575 g/mol. The quantitative estimate of drug-likeness (QED) is 0.150. The van der Waals surface area contributed by atoms with Crippen molar-refractivity contribution in [2.45, 2.75) is 25.8 Å². The van der Waals surface area contributed by atoms with Gasteiger partial charge in [0.1, 0.15) is 5.75 Å². The van der Waals surface area contributed by atoms with E-state index in [4.69, 9.17) is 19.2 Å². The van der Waals surface area contributed by atoms with Gasteiger partial charge in [-0.15, -0.1) is 0 Å². The maximum Gasteiger partial charge on any atom is 0.256 e. The van der Waals surface area contributed by atoms with Crippen molar-refractivity contribution >= 4 is 22.5 Å². The highest BCUT2D eigenvalue weighted by Crippen LogP contribution is 2.30. The van der Waals surface area contributed by atoms with Gasteiger partial charge in [0.15, 0.2) is 11.5 Å². The Morgan fingerprint density at radius 1 is 0.814 bits per heavy atom. The Labute approximate surface area is 252 Å². The number of aromatic nitrogens is 1. The predicted octanol–water partition coefficient (Wildman–Crippen LogP) is 7.46. The van der Waals surface area contributed by atoms with Crippen molar-refractivity contribution in [2.24, 2.45) is 0 Å². The third-order valence-corrected chi connectivity index (χ3v) is 7.54. The van der Waals surface area contributed by atoms with Crippen LogP contribution >= 0.6 is 0 Å². The second kappa shape index (κ2) is 13.9. The Kier molecular flexibility index (Phi) is 9.54. The molecular formula is C36H37N3O4. The fourth-order valence-corrected chi connectivity index (χ4v) is 5.10. The zero-order valence-corrected chi connectivity index (χ0v) is 25.0. The molecule has 0 fully saturated rings. The highest BCUT2D eigenvalue weighted by Gasteiger charge is 2.15. The smallest absolute Gasteiger partial charge is 0.256 e. The number of ether oxygens (including phenoxy) is 3. The minimum Gasteiger partial charge on any atom is -0.497 e. The first-order chi connectivity index (χ1) is 21.0. The number of fused-ring (bicyclic) bond motifs is 1. The minimum atomic E-state index is -0.177. The third-order valence-electron chi connectivity index (χ3n) is 7.54. The molecule has 0 radical (unpaired) electrons. The Bertz CT molecular complexity index is 1700. The van der Waals surface area contributed by atoms with Crippen molar-refractivity contribution in [2.75, 3.05) is 33.2 Å². The summed E-state index contributed by atoms with van der Waals surface area (Å²) < 4.78 is 16.2. The van der Waals surface area contributed by atoms with Crippen LogP contribution in [0.2, 0.25) is 0 Å². The number of benzene rings is 4. The molecular weight excluding hydrogens is 538 g/mol. The van der Waals surface area contributed by atoms with Crippen LogP contribution in [0.3, 0.4) is 0 Å². The van der Waals surface area contributed by atoms with Crippen LogP contribution in [0.1, 0.15) is 40.9 Å². The van der Waals surface area contributed by atoms with Gasteiger partial charge in [0, 0.05) is 22.7 Å². The molecule has 5 rings (SSSR count). The molecule has 0 spiro atoms. The van der Waals surface area contributed by atoms with E-state index in [1.807, 2.05) is 78.9 Å². The average Bonchev–Trinajstić information content (AvgIpc) is 3.06. The lowest BCUT2D eigenvalue weighted by Crippen LogP contribution is -2.20. The van der Waals surface area contributed by atoms with E-state index in [0.717, 1.165) is 64.4 Å². The van der Waals surface area contributed by atoms with Crippen LogP contribution in [-0.2, 0) is 6.42 Å². The van der Waals surface area contributed by atoms with E-state index in [-0.39, 0.29) is 11.9 Å². The number of hydrogen-bond acceptors (Lipinski definition) is 6. The van der Waals surface area contributed by atoms with Gasteiger partial charge in [-0.1, -0.05) is 48.5 Å². The molecule has 1 amide bonds. The number of hydrogen-bond donors (Lipinski definition) is 2. The summed E-state index contributed by atoms with van der Waals surface area (Å²) in [7, 11) is 4.93. The van der Waals surface area contributed by atoms with E-state index in [9.17, 15) is 4.79 Å². The second-order valence-corrected chi connectivity index (χ2v) is 10.3. The van der Waals surface area contributed by atoms with Crippen molar-refractivity contribution in [1.29, 1.82) is 0 Å². The number of amides is 1. The topological polar surface area (TPSA) is 81.7 Å². The van der Waals surface area contributed by atoms with Gasteiger partial charge in [-0.3, -0.25) is 4.79 Å². The van der Waals surface area contributed by atoms with E-state index in [2.05, 4.69) is 35.8 Å². The standard InChI is InChI=1S/C36H37N3O4/c1-24(26-16-19-34(42-3)35(22-26)43-4)37-20-8-9-25-14-17-28(18-15-25)38-36(40)31-23-33(27-10-7-11-29(21-27)41-2)39-32-13-6-5-12-30(31)32/h5-7,10-19,21-24,37H,8-9,20H2,1-4H3,(H,38,40). The number of rotatable bonds is 12. The zero-order chi connectivity index (χ0) is 30.2. The average molecular weight is 576 g/mol. The van der Waals surface area contributed by atoms with Crippen LogP contribution in [0.25, 0.3) is 22.2 Å². The highest BCUT2D eigenvalue weighted by molar-refractivity contribution is 6.13. The molecule has 1 atom stereocenters. The van der Waals surface area contributed by atoms with Crippen LogP contribution < -0.4 is 24.8 Å². The van der Waals surface area contributed by atoms with E-state index < -0.39 is 0 Å². The Morgan fingerprint density at radius 2 is 1.60 bits per heavy atom. The van der Waals surface area contributed by atoms with Crippen LogP contribution in [0.4, 0.5) is 5.69 Å². The van der Waals surface area contributed by atoms with Crippen molar-refractivity contribution in [3.05, 3.63) is 114 Å². The van der Waals surface area contributed by atoms with E-state index >= 15 is 0 Å². The van der Waals surface area contributed by atoms with Gasteiger partial charge in [0.2, 0.25) is 0 Å². The van der Waals surface area contributed by atoms with Gasteiger partial charge in [0.05, 0.1) is 38.1 Å². The van der Waals surface area contributed by atoms with E-state index in [1.165, 1.54) is 5.56 Å². The number of methoxy groups -OCH3 is 3. The first kappa shape index (κ1) is 29.6. The summed E-state index contributed by atoms with van der Waals surface area (Å²) in [5.41, 5.74) is 6.05. The fraction of sp³-hybridized carbons (Fsp3) is 0.222. The normalized spacial score (nSPS) is 11.6. The zero-order valence-electron chi connectivity index (χ0n) is 25.0. The maximum atomic E-state index is 13.5. The van der Waals surface area contributed by atoms with Crippen molar-refractivity contribution in [1.82, 2.24) is 10.3 Å². The summed E-state index contributed by atoms with van der Waals surface area (Å²) in [5, 5.41) is 7.46. The lowest BCUT2D eigenvalue weighted by Gasteiger charge is -2.16. The second-order valence-electron chi connectivity index (χ2n) is 10.3. The number of aryl methyl sites for hydroxylation is 1. The molecule has 4 aromatic carbocycles. The van der Waals surface area contributed by atoms with Crippen LogP contribution in [-0.4, -0.2) is 38.8 Å². The van der Waals surface area contributed by atoms with Gasteiger partial charge < -0.3 is 24.8 Å². The molecule has 1 aromatic heterocycles. The van der Waals surface area contributed by atoms with Gasteiger partial charge in [-0.25, -0.2) is 4.98 Å². The summed E-state index contributed by atoms with van der Waals surface area (Å²) in [6, 6.07) is 31.5. The molecule has 220 valence electrons. The largest absolute Gasteiger partial charge is 0.497 e. The fourth-order valence-electron chi connectivity index (χ4n) is 5.10.